The molecule has 1 aliphatic rings. The van der Waals surface area contributed by atoms with Crippen molar-refractivity contribution >= 4 is 17.3 Å². The molecule has 138 valence electrons. The molecule has 2 N–H and O–H groups in total. The van der Waals surface area contributed by atoms with Crippen LogP contribution in [-0.2, 0) is 11.3 Å². The third-order valence-corrected chi connectivity index (χ3v) is 4.94. The van der Waals surface area contributed by atoms with Crippen molar-refractivity contribution < 1.29 is 9.18 Å². The molecule has 0 saturated carbocycles. The zero-order valence-electron chi connectivity index (χ0n) is 15.3. The van der Waals surface area contributed by atoms with Crippen LogP contribution in [0.4, 0.5) is 15.8 Å². The first-order valence-electron chi connectivity index (χ1n) is 9.11. The zero-order chi connectivity index (χ0) is 18.5. The number of amides is 1. The molecule has 0 aromatic heterocycles. The van der Waals surface area contributed by atoms with Crippen LogP contribution in [0.5, 0.6) is 0 Å². The van der Waals surface area contributed by atoms with E-state index >= 15 is 0 Å². The second kappa shape index (κ2) is 8.32. The van der Waals surface area contributed by atoms with Crippen molar-refractivity contribution in [3.05, 3.63) is 59.9 Å². The number of rotatable bonds is 6. The lowest BCUT2D eigenvalue weighted by molar-refractivity contribution is -0.114. The SMILES string of the molecule is CC(=O)Nc1cc(N[C@@H](C)[C@@H]2CCN(Cc3ccccc3)C2)ccc1F. The highest BCUT2D eigenvalue weighted by atomic mass is 19.1. The largest absolute Gasteiger partial charge is 0.382 e. The fraction of sp³-hybridized carbons (Fsp3) is 0.381. The van der Waals surface area contributed by atoms with E-state index in [2.05, 4.69) is 46.7 Å². The van der Waals surface area contributed by atoms with E-state index in [9.17, 15) is 9.18 Å². The summed E-state index contributed by atoms with van der Waals surface area (Å²) in [5, 5.41) is 5.99. The lowest BCUT2D eigenvalue weighted by atomic mass is 10.0. The van der Waals surface area contributed by atoms with Crippen LogP contribution in [0.15, 0.2) is 48.5 Å². The van der Waals surface area contributed by atoms with Gasteiger partial charge in [-0.3, -0.25) is 9.69 Å². The molecule has 0 unspecified atom stereocenters. The van der Waals surface area contributed by atoms with E-state index in [1.165, 1.54) is 18.6 Å². The van der Waals surface area contributed by atoms with Crippen LogP contribution >= 0.6 is 0 Å². The monoisotopic (exact) mass is 355 g/mol. The summed E-state index contributed by atoms with van der Waals surface area (Å²) in [6.07, 6.45) is 1.14. The van der Waals surface area contributed by atoms with E-state index in [1.807, 2.05) is 6.07 Å². The summed E-state index contributed by atoms with van der Waals surface area (Å²) < 4.78 is 13.8. The molecule has 2 atom stereocenters. The second-order valence-corrected chi connectivity index (χ2v) is 7.08. The van der Waals surface area contributed by atoms with Gasteiger partial charge in [0.25, 0.3) is 0 Å². The van der Waals surface area contributed by atoms with Crippen molar-refractivity contribution in [1.82, 2.24) is 4.90 Å². The number of nitrogens with one attached hydrogen (secondary N) is 2. The minimum Gasteiger partial charge on any atom is -0.382 e. The van der Waals surface area contributed by atoms with Crippen molar-refractivity contribution in [2.75, 3.05) is 23.7 Å². The Kier molecular flexibility index (Phi) is 5.89. The predicted octanol–water partition coefficient (Wildman–Crippen LogP) is 4.11. The maximum Gasteiger partial charge on any atom is 0.221 e. The van der Waals surface area contributed by atoms with Crippen molar-refractivity contribution in [3.63, 3.8) is 0 Å². The van der Waals surface area contributed by atoms with Crippen LogP contribution in [0.25, 0.3) is 0 Å². The van der Waals surface area contributed by atoms with Gasteiger partial charge in [-0.25, -0.2) is 4.39 Å². The number of likely N-dealkylation sites (tertiary alicyclic amines) is 1. The van der Waals surface area contributed by atoms with Gasteiger partial charge in [-0.2, -0.15) is 0 Å². The molecule has 26 heavy (non-hydrogen) atoms. The minimum atomic E-state index is -0.423. The molecular formula is C21H26FN3O. The third-order valence-electron chi connectivity index (χ3n) is 4.94. The maximum absolute atomic E-state index is 13.8. The van der Waals surface area contributed by atoms with Crippen LogP contribution < -0.4 is 10.6 Å². The summed E-state index contributed by atoms with van der Waals surface area (Å²) in [6, 6.07) is 15.6. The van der Waals surface area contributed by atoms with Gasteiger partial charge < -0.3 is 10.6 Å². The number of hydrogen-bond donors (Lipinski definition) is 2. The van der Waals surface area contributed by atoms with Crippen molar-refractivity contribution in [2.45, 2.75) is 32.9 Å². The molecule has 0 aliphatic carbocycles. The quantitative estimate of drug-likeness (QED) is 0.820. The highest BCUT2D eigenvalue weighted by molar-refractivity contribution is 5.89. The van der Waals surface area contributed by atoms with Crippen LogP contribution in [0.2, 0.25) is 0 Å². The summed E-state index contributed by atoms with van der Waals surface area (Å²) in [4.78, 5) is 13.7. The van der Waals surface area contributed by atoms with Crippen molar-refractivity contribution in [1.29, 1.82) is 0 Å². The third kappa shape index (κ3) is 4.82. The van der Waals surface area contributed by atoms with Crippen LogP contribution in [0.1, 0.15) is 25.8 Å². The summed E-state index contributed by atoms with van der Waals surface area (Å²) in [5.74, 6) is -0.164. The summed E-state index contributed by atoms with van der Waals surface area (Å²) in [6.45, 7) is 6.66. The smallest absolute Gasteiger partial charge is 0.221 e. The molecule has 1 aliphatic heterocycles. The van der Waals surface area contributed by atoms with Gasteiger partial charge in [0.2, 0.25) is 5.91 Å². The Hall–Kier alpha value is -2.40. The molecule has 0 spiro atoms. The van der Waals surface area contributed by atoms with Gasteiger partial charge in [0, 0.05) is 31.7 Å². The average molecular weight is 355 g/mol. The Balaban J connectivity index is 1.57. The number of carbonyl (C=O) groups is 1. The Morgan fingerprint density at radius 1 is 1.27 bits per heavy atom. The first kappa shape index (κ1) is 18.4. The van der Waals surface area contributed by atoms with Crippen molar-refractivity contribution in [2.24, 2.45) is 5.92 Å². The summed E-state index contributed by atoms with van der Waals surface area (Å²) >= 11 is 0. The van der Waals surface area contributed by atoms with Gasteiger partial charge in [-0.15, -0.1) is 0 Å². The molecule has 1 fully saturated rings. The van der Waals surface area contributed by atoms with Gasteiger partial charge in [0.1, 0.15) is 5.82 Å². The molecule has 1 heterocycles. The van der Waals surface area contributed by atoms with Crippen LogP contribution in [-0.4, -0.2) is 29.9 Å². The number of anilines is 2. The van der Waals surface area contributed by atoms with Gasteiger partial charge in [0.15, 0.2) is 0 Å². The molecule has 0 bridgehead atoms. The van der Waals surface area contributed by atoms with Gasteiger partial charge in [-0.05, 0) is 49.6 Å². The molecule has 2 aromatic rings. The molecular weight excluding hydrogens is 329 g/mol. The average Bonchev–Trinajstić information content (AvgIpc) is 3.07. The van der Waals surface area contributed by atoms with Crippen LogP contribution in [0, 0.1) is 11.7 Å². The Morgan fingerprint density at radius 2 is 2.04 bits per heavy atom. The summed E-state index contributed by atoms with van der Waals surface area (Å²) in [7, 11) is 0. The molecule has 5 heteroatoms. The number of carbonyl (C=O) groups excluding carboxylic acids is 1. The van der Waals surface area contributed by atoms with E-state index < -0.39 is 5.82 Å². The summed E-state index contributed by atoms with van der Waals surface area (Å²) in [5.41, 5.74) is 2.38. The fourth-order valence-corrected chi connectivity index (χ4v) is 3.54. The number of nitrogens with zero attached hydrogens (tertiary/aromatic N) is 1. The Labute approximate surface area is 154 Å². The van der Waals surface area contributed by atoms with E-state index in [0.29, 0.717) is 5.92 Å². The maximum atomic E-state index is 13.8. The highest BCUT2D eigenvalue weighted by Crippen LogP contribution is 2.26. The fourth-order valence-electron chi connectivity index (χ4n) is 3.54. The van der Waals surface area contributed by atoms with Crippen molar-refractivity contribution in [3.8, 4) is 0 Å². The molecule has 4 nitrogen and oxygen atoms in total. The molecule has 2 aromatic carbocycles. The Bertz CT molecular complexity index is 750. The standard InChI is InChI=1S/C21H26FN3O/c1-15(23-19-8-9-20(22)21(12-19)24-16(2)26)18-10-11-25(14-18)13-17-6-4-3-5-7-17/h3-9,12,15,18,23H,10-11,13-14H2,1-2H3,(H,24,26)/t15-,18+/m0/s1. The second-order valence-electron chi connectivity index (χ2n) is 7.08. The minimum absolute atomic E-state index is 0.215. The van der Waals surface area contributed by atoms with Crippen LogP contribution in [0.3, 0.4) is 0 Å². The highest BCUT2D eigenvalue weighted by Gasteiger charge is 2.27. The van der Waals surface area contributed by atoms with Gasteiger partial charge in [-0.1, -0.05) is 30.3 Å². The first-order chi connectivity index (χ1) is 12.5. The number of hydrogen-bond acceptors (Lipinski definition) is 3. The topological polar surface area (TPSA) is 44.4 Å². The van der Waals surface area contributed by atoms with E-state index in [1.54, 1.807) is 12.1 Å². The molecule has 3 rings (SSSR count). The van der Waals surface area contributed by atoms with E-state index in [0.717, 1.165) is 31.7 Å². The Morgan fingerprint density at radius 3 is 2.77 bits per heavy atom. The lowest BCUT2D eigenvalue weighted by Gasteiger charge is -2.23. The molecule has 0 radical (unpaired) electrons. The van der Waals surface area contributed by atoms with E-state index in [4.69, 9.17) is 0 Å². The molecule has 1 saturated heterocycles. The zero-order valence-corrected chi connectivity index (χ0v) is 15.3. The lowest BCUT2D eigenvalue weighted by Crippen LogP contribution is -2.29. The number of benzene rings is 2. The van der Waals surface area contributed by atoms with Gasteiger partial charge in [0.05, 0.1) is 5.69 Å². The van der Waals surface area contributed by atoms with E-state index in [-0.39, 0.29) is 17.6 Å². The normalized spacial score (nSPS) is 18.5. The van der Waals surface area contributed by atoms with Gasteiger partial charge >= 0.3 is 0 Å². The predicted molar refractivity (Wildman–Crippen MR) is 104 cm³/mol. The number of halogens is 1. The first-order valence-corrected chi connectivity index (χ1v) is 9.11. The molecule has 1 amide bonds.